The van der Waals surface area contributed by atoms with Crippen molar-refractivity contribution in [3.8, 4) is 0 Å². The molecule has 3 fully saturated rings. The summed E-state index contributed by atoms with van der Waals surface area (Å²) in [6.45, 7) is 4.94. The average molecular weight is 374 g/mol. The van der Waals surface area contributed by atoms with Crippen LogP contribution in [0.5, 0.6) is 0 Å². The third-order valence-electron chi connectivity index (χ3n) is 5.41. The van der Waals surface area contributed by atoms with Gasteiger partial charge in [0, 0.05) is 17.9 Å². The first-order valence-corrected chi connectivity index (χ1v) is 8.84. The molecule has 0 aromatic rings. The van der Waals surface area contributed by atoms with Crippen LogP contribution in [0.25, 0.3) is 0 Å². The number of carbonyl (C=O) groups is 3. The molecule has 0 bridgehead atoms. The van der Waals surface area contributed by atoms with E-state index in [1.54, 1.807) is 20.8 Å². The Balaban J connectivity index is 1.83. The highest BCUT2D eigenvalue weighted by Crippen LogP contribution is 2.61. The van der Waals surface area contributed by atoms with Gasteiger partial charge in [0.05, 0.1) is 0 Å². The fraction of sp³-hybridized carbons (Fsp3) is 0.824. The Morgan fingerprint density at radius 3 is 2.42 bits per heavy atom. The zero-order valence-electron chi connectivity index (χ0n) is 15.0. The first-order chi connectivity index (χ1) is 11.9. The van der Waals surface area contributed by atoms with E-state index in [4.69, 9.17) is 4.74 Å². The molecule has 146 valence electrons. The summed E-state index contributed by atoms with van der Waals surface area (Å²) in [5, 5.41) is 11.8. The van der Waals surface area contributed by atoms with Gasteiger partial charge in [-0.1, -0.05) is 0 Å². The lowest BCUT2D eigenvalue weighted by molar-refractivity contribution is -0.151. The van der Waals surface area contributed by atoms with Gasteiger partial charge in [0.2, 0.25) is 5.91 Å². The third-order valence-corrected chi connectivity index (χ3v) is 5.41. The number of carbonyl (C=O) groups excluding carboxylic acids is 2. The summed E-state index contributed by atoms with van der Waals surface area (Å²) < 4.78 is 33.3. The van der Waals surface area contributed by atoms with E-state index in [-0.39, 0.29) is 19.3 Å². The van der Waals surface area contributed by atoms with Gasteiger partial charge in [-0.25, -0.2) is 18.4 Å². The maximum absolute atomic E-state index is 14.1. The number of nitrogens with one attached hydrogen (secondary N) is 1. The molecule has 26 heavy (non-hydrogen) atoms. The number of hydrogen-bond donors (Lipinski definition) is 2. The smallest absolute Gasteiger partial charge is 0.408 e. The van der Waals surface area contributed by atoms with Gasteiger partial charge in [-0.2, -0.15) is 0 Å². The van der Waals surface area contributed by atoms with Crippen molar-refractivity contribution < 1.29 is 33.0 Å². The van der Waals surface area contributed by atoms with Gasteiger partial charge in [-0.05, 0) is 46.5 Å². The standard InChI is InChI=1S/C17H24F2N2O5/c1-16(2,3)26-15(25)20-11-7-10-9(17(10,18)19)6-8-4-5-12(14(23)24)21(8)13(11)22/h8-12H,4-7H2,1-3H3,(H,20,25)(H,23,24). The molecule has 2 aliphatic heterocycles. The lowest BCUT2D eigenvalue weighted by Gasteiger charge is -2.34. The second-order valence-electron chi connectivity index (χ2n) is 8.39. The fourth-order valence-electron chi connectivity index (χ4n) is 4.19. The number of hydrogen-bond acceptors (Lipinski definition) is 4. The van der Waals surface area contributed by atoms with Gasteiger partial charge in [-0.15, -0.1) is 0 Å². The van der Waals surface area contributed by atoms with Crippen molar-refractivity contribution in [2.75, 3.05) is 0 Å². The molecule has 7 nitrogen and oxygen atoms in total. The number of alkyl carbamates (subject to hydrolysis) is 1. The van der Waals surface area contributed by atoms with E-state index in [1.807, 2.05) is 0 Å². The molecule has 0 spiro atoms. The minimum absolute atomic E-state index is 0.104. The molecule has 5 atom stereocenters. The summed E-state index contributed by atoms with van der Waals surface area (Å²) >= 11 is 0. The topological polar surface area (TPSA) is 95.9 Å². The molecule has 2 heterocycles. The number of nitrogens with zero attached hydrogens (tertiary/aromatic N) is 1. The molecule has 0 aromatic carbocycles. The lowest BCUT2D eigenvalue weighted by Crippen LogP contribution is -2.55. The van der Waals surface area contributed by atoms with Crippen molar-refractivity contribution in [1.82, 2.24) is 10.2 Å². The van der Waals surface area contributed by atoms with E-state index >= 15 is 0 Å². The molecule has 2 amide bonds. The molecule has 2 N–H and O–H groups in total. The van der Waals surface area contributed by atoms with Crippen LogP contribution in [-0.4, -0.2) is 57.6 Å². The highest BCUT2D eigenvalue weighted by atomic mass is 19.3. The van der Waals surface area contributed by atoms with Crippen molar-refractivity contribution in [3.05, 3.63) is 0 Å². The number of halogens is 2. The Kier molecular flexibility index (Phi) is 4.39. The van der Waals surface area contributed by atoms with Crippen LogP contribution in [0.4, 0.5) is 13.6 Å². The Morgan fingerprint density at radius 2 is 1.85 bits per heavy atom. The molecule has 9 heteroatoms. The predicted molar refractivity (Wildman–Crippen MR) is 85.6 cm³/mol. The lowest BCUT2D eigenvalue weighted by atomic mass is 9.99. The maximum atomic E-state index is 14.1. The summed E-state index contributed by atoms with van der Waals surface area (Å²) in [7, 11) is 0. The number of fused-ring (bicyclic) bond motifs is 2. The molecule has 1 saturated carbocycles. The van der Waals surface area contributed by atoms with E-state index in [0.717, 1.165) is 0 Å². The van der Waals surface area contributed by atoms with Crippen LogP contribution in [-0.2, 0) is 14.3 Å². The highest BCUT2D eigenvalue weighted by molar-refractivity contribution is 5.90. The first kappa shape index (κ1) is 18.8. The van der Waals surface area contributed by atoms with E-state index in [9.17, 15) is 28.3 Å². The van der Waals surface area contributed by atoms with Crippen molar-refractivity contribution in [3.63, 3.8) is 0 Å². The van der Waals surface area contributed by atoms with Gasteiger partial charge in [0.15, 0.2) is 0 Å². The summed E-state index contributed by atoms with van der Waals surface area (Å²) in [6.07, 6.45) is -0.383. The number of carboxylic acids is 1. The summed E-state index contributed by atoms with van der Waals surface area (Å²) in [6, 6.07) is -2.79. The molecule has 0 aromatic heterocycles. The van der Waals surface area contributed by atoms with E-state index in [1.165, 1.54) is 4.90 Å². The zero-order chi connectivity index (χ0) is 19.4. The Bertz CT molecular complexity index is 633. The normalized spacial score (nSPS) is 35.7. The maximum Gasteiger partial charge on any atom is 0.408 e. The van der Waals surface area contributed by atoms with Crippen molar-refractivity contribution in [2.45, 2.75) is 76.1 Å². The summed E-state index contributed by atoms with van der Waals surface area (Å²) in [5.41, 5.74) is -0.805. The van der Waals surface area contributed by atoms with Crippen LogP contribution >= 0.6 is 0 Å². The van der Waals surface area contributed by atoms with E-state index < -0.39 is 59.5 Å². The molecular formula is C17H24F2N2O5. The second kappa shape index (κ2) is 6.06. The molecule has 2 saturated heterocycles. The minimum atomic E-state index is -2.88. The molecule has 0 radical (unpaired) electrons. The van der Waals surface area contributed by atoms with Crippen LogP contribution in [0, 0.1) is 11.8 Å². The second-order valence-corrected chi connectivity index (χ2v) is 8.39. The van der Waals surface area contributed by atoms with Crippen LogP contribution in [0.2, 0.25) is 0 Å². The average Bonchev–Trinajstić information content (AvgIpc) is 2.82. The number of alkyl halides is 2. The van der Waals surface area contributed by atoms with Crippen molar-refractivity contribution in [2.24, 2.45) is 11.8 Å². The van der Waals surface area contributed by atoms with Gasteiger partial charge >= 0.3 is 12.1 Å². The largest absolute Gasteiger partial charge is 0.480 e. The number of aliphatic carboxylic acids is 1. The number of rotatable bonds is 2. The van der Waals surface area contributed by atoms with Crippen LogP contribution < -0.4 is 5.32 Å². The van der Waals surface area contributed by atoms with Crippen LogP contribution in [0.15, 0.2) is 0 Å². The van der Waals surface area contributed by atoms with E-state index in [2.05, 4.69) is 5.32 Å². The van der Waals surface area contributed by atoms with Crippen molar-refractivity contribution in [1.29, 1.82) is 0 Å². The Labute approximate surface area is 150 Å². The Hall–Kier alpha value is -1.93. The highest BCUT2D eigenvalue weighted by Gasteiger charge is 2.70. The zero-order valence-corrected chi connectivity index (χ0v) is 15.0. The van der Waals surface area contributed by atoms with Crippen molar-refractivity contribution >= 4 is 18.0 Å². The molecular weight excluding hydrogens is 350 g/mol. The Morgan fingerprint density at radius 1 is 1.23 bits per heavy atom. The van der Waals surface area contributed by atoms with Gasteiger partial charge < -0.3 is 20.1 Å². The molecule has 5 unspecified atom stereocenters. The number of amides is 2. The molecule has 1 aliphatic carbocycles. The SMILES string of the molecule is CC(C)(C)OC(=O)NC1CC2C(CC3CCC(C(=O)O)N3C1=O)C2(F)F. The minimum Gasteiger partial charge on any atom is -0.480 e. The third kappa shape index (κ3) is 3.35. The molecule has 3 rings (SSSR count). The van der Waals surface area contributed by atoms with E-state index in [0.29, 0.717) is 6.42 Å². The molecule has 3 aliphatic rings. The van der Waals surface area contributed by atoms with Crippen LogP contribution in [0.1, 0.15) is 46.5 Å². The monoisotopic (exact) mass is 374 g/mol. The summed E-state index contributed by atoms with van der Waals surface area (Å²) in [4.78, 5) is 37.6. The predicted octanol–water partition coefficient (Wildman–Crippen LogP) is 2.00. The number of carboxylic acid groups (broad SMARTS) is 1. The van der Waals surface area contributed by atoms with Crippen LogP contribution in [0.3, 0.4) is 0 Å². The fourth-order valence-corrected chi connectivity index (χ4v) is 4.19. The number of ether oxygens (including phenoxy) is 1. The first-order valence-electron chi connectivity index (χ1n) is 8.84. The summed E-state index contributed by atoms with van der Waals surface area (Å²) in [5.74, 6) is -6.51. The van der Waals surface area contributed by atoms with Gasteiger partial charge in [0.25, 0.3) is 5.92 Å². The van der Waals surface area contributed by atoms with Gasteiger partial charge in [-0.3, -0.25) is 4.79 Å². The van der Waals surface area contributed by atoms with Gasteiger partial charge in [0.1, 0.15) is 17.7 Å². The quantitative estimate of drug-likeness (QED) is 0.771.